The predicted octanol–water partition coefficient (Wildman–Crippen LogP) is 3.69. The Balaban J connectivity index is 1.84. The van der Waals surface area contributed by atoms with Crippen molar-refractivity contribution >= 4 is 16.7 Å². The van der Waals surface area contributed by atoms with Crippen LogP contribution in [0.4, 0.5) is 5.82 Å². The second kappa shape index (κ2) is 5.26. The topological polar surface area (TPSA) is 63.6 Å². The van der Waals surface area contributed by atoms with Crippen molar-refractivity contribution in [2.75, 3.05) is 5.32 Å². The van der Waals surface area contributed by atoms with Gasteiger partial charge in [-0.15, -0.1) is 0 Å². The molecule has 0 aromatic carbocycles. The van der Waals surface area contributed by atoms with Crippen LogP contribution < -0.4 is 5.32 Å². The molecule has 0 amide bonds. The highest BCUT2D eigenvalue weighted by atomic mass is 15.1. The minimum Gasteiger partial charge on any atom is -0.364 e. The molecule has 0 bridgehead atoms. The Hall–Kier alpha value is -2.56. The van der Waals surface area contributed by atoms with Crippen molar-refractivity contribution in [2.24, 2.45) is 5.92 Å². The maximum absolute atomic E-state index is 4.79. The molecule has 1 fully saturated rings. The summed E-state index contributed by atoms with van der Waals surface area (Å²) in [6.45, 7) is 4.48. The van der Waals surface area contributed by atoms with Gasteiger partial charge in [0, 0.05) is 35.1 Å². The van der Waals surface area contributed by atoms with E-state index < -0.39 is 0 Å². The van der Waals surface area contributed by atoms with Crippen LogP contribution in [-0.4, -0.2) is 25.5 Å². The van der Waals surface area contributed by atoms with E-state index in [0.29, 0.717) is 11.7 Å². The van der Waals surface area contributed by atoms with Crippen LogP contribution >= 0.6 is 0 Å². The maximum atomic E-state index is 4.79. The van der Waals surface area contributed by atoms with Gasteiger partial charge in [-0.1, -0.05) is 0 Å². The molecule has 23 heavy (non-hydrogen) atoms. The van der Waals surface area contributed by atoms with Crippen LogP contribution in [0.2, 0.25) is 0 Å². The zero-order valence-corrected chi connectivity index (χ0v) is 13.3. The van der Waals surface area contributed by atoms with Crippen LogP contribution in [0.25, 0.3) is 22.3 Å². The summed E-state index contributed by atoms with van der Waals surface area (Å²) in [5, 5.41) is 4.64. The van der Waals surface area contributed by atoms with E-state index in [1.54, 1.807) is 24.8 Å². The number of hydrogen-bond donors (Lipinski definition) is 1. The Morgan fingerprint density at radius 3 is 2.48 bits per heavy atom. The lowest BCUT2D eigenvalue weighted by Crippen LogP contribution is -2.33. The van der Waals surface area contributed by atoms with E-state index in [0.717, 1.165) is 22.3 Å². The van der Waals surface area contributed by atoms with E-state index >= 15 is 0 Å². The summed E-state index contributed by atoms with van der Waals surface area (Å²) in [6, 6.07) is 5.82. The number of hydrogen-bond acceptors (Lipinski definition) is 5. The Morgan fingerprint density at radius 2 is 1.74 bits per heavy atom. The third-order valence-electron chi connectivity index (χ3n) is 4.48. The zero-order valence-electron chi connectivity index (χ0n) is 13.3. The van der Waals surface area contributed by atoms with E-state index in [1.165, 1.54) is 12.8 Å². The van der Waals surface area contributed by atoms with Crippen LogP contribution in [0.5, 0.6) is 0 Å². The Bertz CT molecular complexity index is 840. The van der Waals surface area contributed by atoms with Crippen molar-refractivity contribution in [2.45, 2.75) is 32.2 Å². The molecule has 0 spiro atoms. The Kier molecular flexibility index (Phi) is 3.22. The molecule has 0 unspecified atom stereocenters. The Morgan fingerprint density at radius 1 is 1.00 bits per heavy atom. The fourth-order valence-corrected chi connectivity index (χ4v) is 2.92. The minimum atomic E-state index is 0.0278. The summed E-state index contributed by atoms with van der Waals surface area (Å²) in [5.74, 6) is 2.28. The van der Waals surface area contributed by atoms with E-state index in [2.05, 4.69) is 34.1 Å². The lowest BCUT2D eigenvalue weighted by atomic mass is 9.98. The SMILES string of the molecule is CC(C)(Nc1nc(-c2ccncc2)nc2cnccc12)C1CC1. The van der Waals surface area contributed by atoms with Crippen molar-refractivity contribution < 1.29 is 0 Å². The number of fused-ring (bicyclic) bond motifs is 1. The maximum Gasteiger partial charge on any atom is 0.162 e. The normalized spacial score (nSPS) is 14.9. The van der Waals surface area contributed by atoms with Gasteiger partial charge in [0.1, 0.15) is 5.82 Å². The smallest absolute Gasteiger partial charge is 0.162 e. The minimum absolute atomic E-state index is 0.0278. The number of pyridine rings is 2. The molecule has 0 aliphatic heterocycles. The van der Waals surface area contributed by atoms with Crippen molar-refractivity contribution in [1.82, 2.24) is 19.9 Å². The van der Waals surface area contributed by atoms with Gasteiger partial charge in [0.15, 0.2) is 5.82 Å². The lowest BCUT2D eigenvalue weighted by molar-refractivity contribution is 0.493. The standard InChI is InChI=1S/C18H19N5/c1-18(2,13-3-4-13)23-17-14-7-10-20-11-15(14)21-16(22-17)12-5-8-19-9-6-12/h5-11,13H,3-4H2,1-2H3,(H,21,22,23). The van der Waals surface area contributed by atoms with Crippen LogP contribution in [0.15, 0.2) is 43.0 Å². The van der Waals surface area contributed by atoms with Crippen molar-refractivity contribution in [1.29, 1.82) is 0 Å². The van der Waals surface area contributed by atoms with Crippen molar-refractivity contribution in [3.05, 3.63) is 43.0 Å². The molecule has 1 aliphatic carbocycles. The molecule has 3 aromatic rings. The molecule has 1 saturated carbocycles. The summed E-state index contributed by atoms with van der Waals surface area (Å²) < 4.78 is 0. The first-order chi connectivity index (χ1) is 11.1. The van der Waals surface area contributed by atoms with Gasteiger partial charge in [0.2, 0.25) is 0 Å². The van der Waals surface area contributed by atoms with E-state index in [1.807, 2.05) is 18.2 Å². The molecule has 3 aromatic heterocycles. The first-order valence-electron chi connectivity index (χ1n) is 7.94. The monoisotopic (exact) mass is 305 g/mol. The summed E-state index contributed by atoms with van der Waals surface area (Å²) in [6.07, 6.45) is 9.65. The fourth-order valence-electron chi connectivity index (χ4n) is 2.92. The first-order valence-corrected chi connectivity index (χ1v) is 7.94. The van der Waals surface area contributed by atoms with Gasteiger partial charge in [0.05, 0.1) is 11.7 Å². The highest BCUT2D eigenvalue weighted by Crippen LogP contribution is 2.41. The fraction of sp³-hybridized carbons (Fsp3) is 0.333. The molecule has 5 nitrogen and oxygen atoms in total. The molecule has 0 saturated heterocycles. The summed E-state index contributed by atoms with van der Waals surface area (Å²) in [5.41, 5.74) is 1.83. The van der Waals surface area contributed by atoms with Gasteiger partial charge in [-0.2, -0.15) is 0 Å². The Labute approximate surface area is 135 Å². The highest BCUT2D eigenvalue weighted by molar-refractivity contribution is 5.90. The number of rotatable bonds is 4. The van der Waals surface area contributed by atoms with Crippen LogP contribution in [0, 0.1) is 5.92 Å². The van der Waals surface area contributed by atoms with Crippen LogP contribution in [-0.2, 0) is 0 Å². The number of aromatic nitrogens is 4. The molecule has 116 valence electrons. The zero-order chi connectivity index (χ0) is 15.9. The summed E-state index contributed by atoms with van der Waals surface area (Å²) in [4.78, 5) is 17.7. The largest absolute Gasteiger partial charge is 0.364 e. The lowest BCUT2D eigenvalue weighted by Gasteiger charge is -2.27. The predicted molar refractivity (Wildman–Crippen MR) is 91.0 cm³/mol. The van der Waals surface area contributed by atoms with E-state index in [9.17, 15) is 0 Å². The third kappa shape index (κ3) is 2.74. The van der Waals surface area contributed by atoms with Crippen molar-refractivity contribution in [3.8, 4) is 11.4 Å². The molecule has 4 rings (SSSR count). The second-order valence-electron chi connectivity index (χ2n) is 6.65. The van der Waals surface area contributed by atoms with Gasteiger partial charge in [-0.05, 0) is 50.8 Å². The molecule has 5 heteroatoms. The number of anilines is 1. The van der Waals surface area contributed by atoms with Crippen LogP contribution in [0.1, 0.15) is 26.7 Å². The highest BCUT2D eigenvalue weighted by Gasteiger charge is 2.38. The average Bonchev–Trinajstić information content (AvgIpc) is 3.41. The first kappa shape index (κ1) is 14.1. The van der Waals surface area contributed by atoms with Crippen molar-refractivity contribution in [3.63, 3.8) is 0 Å². The van der Waals surface area contributed by atoms with Gasteiger partial charge in [-0.25, -0.2) is 9.97 Å². The summed E-state index contributed by atoms with van der Waals surface area (Å²) in [7, 11) is 0. The molecular weight excluding hydrogens is 286 g/mol. The molecular formula is C18H19N5. The van der Waals surface area contributed by atoms with E-state index in [-0.39, 0.29) is 5.54 Å². The number of nitrogens with zero attached hydrogens (tertiary/aromatic N) is 4. The van der Waals surface area contributed by atoms with E-state index in [4.69, 9.17) is 4.98 Å². The third-order valence-corrected chi connectivity index (χ3v) is 4.48. The number of nitrogens with one attached hydrogen (secondary N) is 1. The molecule has 0 atom stereocenters. The summed E-state index contributed by atoms with van der Waals surface area (Å²) >= 11 is 0. The van der Waals surface area contributed by atoms with Gasteiger partial charge in [0.25, 0.3) is 0 Å². The molecule has 3 heterocycles. The second-order valence-corrected chi connectivity index (χ2v) is 6.65. The molecule has 1 aliphatic rings. The molecule has 1 N–H and O–H groups in total. The van der Waals surface area contributed by atoms with Crippen LogP contribution in [0.3, 0.4) is 0 Å². The van der Waals surface area contributed by atoms with Gasteiger partial charge in [-0.3, -0.25) is 9.97 Å². The average molecular weight is 305 g/mol. The van der Waals surface area contributed by atoms with Gasteiger partial charge >= 0.3 is 0 Å². The molecule has 0 radical (unpaired) electrons. The van der Waals surface area contributed by atoms with Gasteiger partial charge < -0.3 is 5.32 Å². The quantitative estimate of drug-likeness (QED) is 0.796.